The largest absolute Gasteiger partial charge is 0.481 e. The third kappa shape index (κ3) is 3.05. The molecule has 1 aliphatic heterocycles. The standard InChI is InChI=1S/C13H17N3O4/c1-15-6-9(5-14-15)3-4-12(17)16(2)11-8-20-7-10(11)13(18)19/h3-6,10-11H,7-8H2,1-2H3,(H,18,19). The van der Waals surface area contributed by atoms with Gasteiger partial charge < -0.3 is 14.7 Å². The van der Waals surface area contributed by atoms with E-state index in [0.29, 0.717) is 0 Å². The first-order valence-corrected chi connectivity index (χ1v) is 6.23. The predicted octanol–water partition coefficient (Wildman–Crippen LogP) is -0.00870. The zero-order chi connectivity index (χ0) is 14.7. The van der Waals surface area contributed by atoms with Gasteiger partial charge in [0.05, 0.1) is 25.5 Å². The monoisotopic (exact) mass is 279 g/mol. The van der Waals surface area contributed by atoms with Crippen LogP contribution in [0.25, 0.3) is 6.08 Å². The summed E-state index contributed by atoms with van der Waals surface area (Å²) in [4.78, 5) is 24.5. The number of carboxylic acid groups (broad SMARTS) is 1. The summed E-state index contributed by atoms with van der Waals surface area (Å²) in [5, 5.41) is 13.1. The van der Waals surface area contributed by atoms with Gasteiger partial charge in [-0.3, -0.25) is 14.3 Å². The van der Waals surface area contributed by atoms with Crippen molar-refractivity contribution in [3.05, 3.63) is 24.0 Å². The lowest BCUT2D eigenvalue weighted by Gasteiger charge is -2.25. The zero-order valence-corrected chi connectivity index (χ0v) is 11.4. The van der Waals surface area contributed by atoms with E-state index < -0.39 is 17.9 Å². The Balaban J connectivity index is 2.01. The minimum absolute atomic E-state index is 0.143. The van der Waals surface area contributed by atoms with Gasteiger partial charge in [-0.1, -0.05) is 0 Å². The van der Waals surface area contributed by atoms with Crippen LogP contribution in [0, 0.1) is 5.92 Å². The minimum Gasteiger partial charge on any atom is -0.481 e. The van der Waals surface area contributed by atoms with Crippen molar-refractivity contribution in [3.63, 3.8) is 0 Å². The molecule has 1 aliphatic rings. The number of aromatic nitrogens is 2. The Morgan fingerprint density at radius 3 is 2.90 bits per heavy atom. The molecule has 2 heterocycles. The van der Waals surface area contributed by atoms with E-state index in [-0.39, 0.29) is 19.1 Å². The molecular weight excluding hydrogens is 262 g/mol. The Morgan fingerprint density at radius 1 is 1.55 bits per heavy atom. The van der Waals surface area contributed by atoms with E-state index in [9.17, 15) is 9.59 Å². The lowest BCUT2D eigenvalue weighted by atomic mass is 10.0. The SMILES string of the molecule is CN(C(=O)C=Cc1cnn(C)c1)C1COCC1C(=O)O. The molecule has 2 rings (SSSR count). The highest BCUT2D eigenvalue weighted by molar-refractivity contribution is 5.92. The van der Waals surface area contributed by atoms with E-state index >= 15 is 0 Å². The average Bonchev–Trinajstić information content (AvgIpc) is 3.03. The van der Waals surface area contributed by atoms with Crippen LogP contribution in [0.5, 0.6) is 0 Å². The van der Waals surface area contributed by atoms with Crippen LogP contribution in [0.15, 0.2) is 18.5 Å². The molecule has 0 spiro atoms. The van der Waals surface area contributed by atoms with Crippen molar-refractivity contribution in [1.82, 2.24) is 14.7 Å². The summed E-state index contributed by atoms with van der Waals surface area (Å²) in [6, 6.07) is -0.432. The number of carbonyl (C=O) groups excluding carboxylic acids is 1. The van der Waals surface area contributed by atoms with Crippen LogP contribution in [-0.4, -0.2) is 58.0 Å². The third-order valence-corrected chi connectivity index (χ3v) is 3.36. The van der Waals surface area contributed by atoms with Gasteiger partial charge in [-0.15, -0.1) is 0 Å². The van der Waals surface area contributed by atoms with Crippen molar-refractivity contribution in [2.75, 3.05) is 20.3 Å². The molecule has 2 atom stereocenters. The fourth-order valence-corrected chi connectivity index (χ4v) is 2.14. The summed E-state index contributed by atoms with van der Waals surface area (Å²) in [7, 11) is 3.38. The van der Waals surface area contributed by atoms with E-state index in [1.165, 1.54) is 11.0 Å². The predicted molar refractivity (Wildman–Crippen MR) is 70.7 cm³/mol. The number of nitrogens with zero attached hydrogens (tertiary/aromatic N) is 3. The molecule has 0 aliphatic carbocycles. The van der Waals surface area contributed by atoms with Gasteiger partial charge in [-0.2, -0.15) is 5.10 Å². The number of aryl methyl sites for hydroxylation is 1. The molecule has 1 N–H and O–H groups in total. The topological polar surface area (TPSA) is 84.7 Å². The van der Waals surface area contributed by atoms with Crippen molar-refractivity contribution in [1.29, 1.82) is 0 Å². The number of ether oxygens (including phenoxy) is 1. The molecule has 2 unspecified atom stereocenters. The molecule has 1 saturated heterocycles. The summed E-state index contributed by atoms with van der Waals surface area (Å²) in [6.45, 7) is 0.393. The highest BCUT2D eigenvalue weighted by Gasteiger charge is 2.37. The maximum atomic E-state index is 12.0. The van der Waals surface area contributed by atoms with Crippen LogP contribution in [0.4, 0.5) is 0 Å². The number of aliphatic carboxylic acids is 1. The van der Waals surface area contributed by atoms with E-state index in [4.69, 9.17) is 9.84 Å². The van der Waals surface area contributed by atoms with Gasteiger partial charge in [0, 0.05) is 31.9 Å². The number of rotatable bonds is 4. The Kier molecular flexibility index (Phi) is 4.19. The summed E-state index contributed by atoms with van der Waals surface area (Å²) < 4.78 is 6.79. The molecule has 1 aromatic heterocycles. The summed E-state index contributed by atoms with van der Waals surface area (Å²) in [5.74, 6) is -1.87. The Morgan fingerprint density at radius 2 is 2.30 bits per heavy atom. The van der Waals surface area contributed by atoms with Crippen LogP contribution >= 0.6 is 0 Å². The first kappa shape index (κ1) is 14.3. The van der Waals surface area contributed by atoms with Gasteiger partial charge in [-0.25, -0.2) is 0 Å². The molecule has 108 valence electrons. The van der Waals surface area contributed by atoms with Gasteiger partial charge in [0.15, 0.2) is 0 Å². The smallest absolute Gasteiger partial charge is 0.311 e. The summed E-state index contributed by atoms with van der Waals surface area (Å²) >= 11 is 0. The van der Waals surface area contributed by atoms with Crippen molar-refractivity contribution in [3.8, 4) is 0 Å². The van der Waals surface area contributed by atoms with Crippen molar-refractivity contribution >= 4 is 18.0 Å². The normalized spacial score (nSPS) is 22.3. The third-order valence-electron chi connectivity index (χ3n) is 3.36. The molecule has 0 saturated carbocycles. The Bertz CT molecular complexity index is 537. The van der Waals surface area contributed by atoms with E-state index in [0.717, 1.165) is 5.56 Å². The first-order chi connectivity index (χ1) is 9.49. The fraction of sp³-hybridized carbons (Fsp3) is 0.462. The molecule has 7 nitrogen and oxygen atoms in total. The van der Waals surface area contributed by atoms with Crippen LogP contribution in [0.1, 0.15) is 5.56 Å². The van der Waals surface area contributed by atoms with Gasteiger partial charge in [0.25, 0.3) is 0 Å². The molecule has 0 bridgehead atoms. The molecule has 0 aromatic carbocycles. The number of hydrogen-bond donors (Lipinski definition) is 1. The van der Waals surface area contributed by atoms with E-state index in [1.54, 1.807) is 37.2 Å². The quantitative estimate of drug-likeness (QED) is 0.784. The molecule has 7 heteroatoms. The van der Waals surface area contributed by atoms with Gasteiger partial charge >= 0.3 is 5.97 Å². The maximum absolute atomic E-state index is 12.0. The van der Waals surface area contributed by atoms with E-state index in [2.05, 4.69) is 5.10 Å². The summed E-state index contributed by atoms with van der Waals surface area (Å²) in [5.41, 5.74) is 0.812. The molecule has 20 heavy (non-hydrogen) atoms. The Labute approximate surface area is 116 Å². The van der Waals surface area contributed by atoms with Gasteiger partial charge in [-0.05, 0) is 6.08 Å². The van der Waals surface area contributed by atoms with Crippen molar-refractivity contribution in [2.24, 2.45) is 13.0 Å². The highest BCUT2D eigenvalue weighted by atomic mass is 16.5. The van der Waals surface area contributed by atoms with Crippen LogP contribution in [0.2, 0.25) is 0 Å². The number of likely N-dealkylation sites (N-methyl/N-ethyl adjacent to an activating group) is 1. The second-order valence-electron chi connectivity index (χ2n) is 4.78. The lowest BCUT2D eigenvalue weighted by molar-refractivity contribution is -0.143. The highest BCUT2D eigenvalue weighted by Crippen LogP contribution is 2.19. The number of amides is 1. The zero-order valence-electron chi connectivity index (χ0n) is 11.4. The van der Waals surface area contributed by atoms with Gasteiger partial charge in [0.1, 0.15) is 5.92 Å². The van der Waals surface area contributed by atoms with Crippen LogP contribution in [0.3, 0.4) is 0 Å². The first-order valence-electron chi connectivity index (χ1n) is 6.23. The number of hydrogen-bond acceptors (Lipinski definition) is 4. The van der Waals surface area contributed by atoms with Crippen molar-refractivity contribution in [2.45, 2.75) is 6.04 Å². The Hall–Kier alpha value is -2.15. The molecular formula is C13H17N3O4. The maximum Gasteiger partial charge on any atom is 0.311 e. The minimum atomic E-state index is -0.941. The lowest BCUT2D eigenvalue weighted by Crippen LogP contribution is -2.43. The van der Waals surface area contributed by atoms with E-state index in [1.807, 2.05) is 0 Å². The molecule has 0 radical (unpaired) electrons. The van der Waals surface area contributed by atoms with Crippen LogP contribution in [-0.2, 0) is 21.4 Å². The fourth-order valence-electron chi connectivity index (χ4n) is 2.14. The second-order valence-corrected chi connectivity index (χ2v) is 4.78. The molecule has 1 aromatic rings. The number of carbonyl (C=O) groups is 2. The number of carboxylic acids is 1. The van der Waals surface area contributed by atoms with Gasteiger partial charge in [0.2, 0.25) is 5.91 Å². The average molecular weight is 279 g/mol. The molecule has 1 amide bonds. The van der Waals surface area contributed by atoms with Crippen molar-refractivity contribution < 1.29 is 19.4 Å². The van der Waals surface area contributed by atoms with Crippen LogP contribution < -0.4 is 0 Å². The second kappa shape index (κ2) is 5.87. The molecule has 1 fully saturated rings. The summed E-state index contributed by atoms with van der Waals surface area (Å²) in [6.07, 6.45) is 6.48.